The van der Waals surface area contributed by atoms with Crippen molar-refractivity contribution in [3.8, 4) is 0 Å². The Hall–Kier alpha value is -0.300. The van der Waals surface area contributed by atoms with Crippen LogP contribution in [0.25, 0.3) is 0 Å². The van der Waals surface area contributed by atoms with Gasteiger partial charge in [-0.2, -0.15) is 0 Å². The molecule has 0 unspecified atom stereocenters. The molecule has 0 spiro atoms. The minimum Gasteiger partial charge on any atom is -0.379 e. The molecule has 0 atom stereocenters. The van der Waals surface area contributed by atoms with Crippen LogP contribution in [0.1, 0.15) is 0 Å². The molecular weight excluding hydrogens is 324 g/mol. The highest BCUT2D eigenvalue weighted by atomic mass is 32.2. The molecule has 1 heterocycles. The fraction of sp³-hybridized carbons (Fsp3) is 1.00. The van der Waals surface area contributed by atoms with Crippen molar-refractivity contribution in [3.63, 3.8) is 0 Å². The molecule has 0 aliphatic carbocycles. The molecule has 21 heavy (non-hydrogen) atoms. The van der Waals surface area contributed by atoms with Gasteiger partial charge in [-0.1, -0.05) is 0 Å². The van der Waals surface area contributed by atoms with Crippen molar-refractivity contribution >= 4 is 20.0 Å². The van der Waals surface area contributed by atoms with Gasteiger partial charge in [0.05, 0.1) is 51.1 Å². The second-order valence-electron chi connectivity index (χ2n) is 4.26. The lowest BCUT2D eigenvalue weighted by atomic mass is 10.7. The van der Waals surface area contributed by atoms with E-state index in [1.54, 1.807) is 0 Å². The number of rotatable bonds is 0. The lowest BCUT2D eigenvalue weighted by Crippen LogP contribution is -2.32. The van der Waals surface area contributed by atoms with E-state index in [1.807, 2.05) is 0 Å². The van der Waals surface area contributed by atoms with Crippen LogP contribution in [0.5, 0.6) is 0 Å². The predicted molar refractivity (Wildman–Crippen MR) is 76.0 cm³/mol. The van der Waals surface area contributed by atoms with Crippen molar-refractivity contribution in [3.05, 3.63) is 0 Å². The highest BCUT2D eigenvalue weighted by Gasteiger charge is 2.12. The minimum absolute atomic E-state index is 0.0607. The summed E-state index contributed by atoms with van der Waals surface area (Å²) in [5.41, 5.74) is 0. The van der Waals surface area contributed by atoms with Crippen LogP contribution >= 0.6 is 0 Å². The van der Waals surface area contributed by atoms with Gasteiger partial charge in [-0.05, 0) is 0 Å². The molecule has 1 rings (SSSR count). The SMILES string of the molecule is O=S1(=O)CCOCCS(=O)(=O)NCCOCCOCCN1. The predicted octanol–water partition coefficient (Wildman–Crippen LogP) is -2.11. The standard InChI is InChI=1S/C10H22N2O7S2/c13-20(14)9-7-19-8-10-21(15,16)12-2-4-18-6-5-17-3-1-11-20/h11-12H,1-10H2. The molecule has 1 aliphatic rings. The van der Waals surface area contributed by atoms with Gasteiger partial charge < -0.3 is 14.2 Å². The Balaban J connectivity index is 2.43. The molecule has 0 amide bonds. The molecule has 0 aromatic carbocycles. The zero-order valence-electron chi connectivity index (χ0n) is 11.7. The molecule has 1 saturated heterocycles. The summed E-state index contributed by atoms with van der Waals surface area (Å²) in [7, 11) is -6.87. The Labute approximate surface area is 125 Å². The summed E-state index contributed by atoms with van der Waals surface area (Å²) in [5, 5.41) is 0. The minimum atomic E-state index is -3.43. The molecule has 0 aromatic heterocycles. The molecule has 0 aromatic rings. The Morgan fingerprint density at radius 3 is 1.38 bits per heavy atom. The highest BCUT2D eigenvalue weighted by Crippen LogP contribution is 1.90. The lowest BCUT2D eigenvalue weighted by molar-refractivity contribution is 0.0523. The smallest absolute Gasteiger partial charge is 0.213 e. The molecule has 1 aliphatic heterocycles. The van der Waals surface area contributed by atoms with E-state index >= 15 is 0 Å². The average Bonchev–Trinajstić information content (AvgIpc) is 2.39. The maximum Gasteiger partial charge on any atom is 0.213 e. The molecule has 11 heteroatoms. The van der Waals surface area contributed by atoms with Gasteiger partial charge in [-0.25, -0.2) is 26.3 Å². The zero-order valence-corrected chi connectivity index (χ0v) is 13.4. The Morgan fingerprint density at radius 1 is 0.571 bits per heavy atom. The van der Waals surface area contributed by atoms with Gasteiger partial charge in [0.1, 0.15) is 0 Å². The number of sulfonamides is 2. The number of hydrogen-bond donors (Lipinski definition) is 2. The van der Waals surface area contributed by atoms with Crippen molar-refractivity contribution in [2.45, 2.75) is 0 Å². The molecule has 126 valence electrons. The first-order valence-electron chi connectivity index (χ1n) is 6.59. The maximum atomic E-state index is 11.5. The van der Waals surface area contributed by atoms with Gasteiger partial charge in [0.2, 0.25) is 20.0 Å². The molecule has 1 fully saturated rings. The summed E-state index contributed by atoms with van der Waals surface area (Å²) in [6.07, 6.45) is 0. The van der Waals surface area contributed by atoms with Gasteiger partial charge >= 0.3 is 0 Å². The Morgan fingerprint density at radius 2 is 0.952 bits per heavy atom. The second-order valence-corrected chi connectivity index (χ2v) is 8.12. The van der Waals surface area contributed by atoms with Crippen LogP contribution < -0.4 is 9.44 Å². The van der Waals surface area contributed by atoms with Crippen LogP contribution in [0.3, 0.4) is 0 Å². The third-order valence-electron chi connectivity index (χ3n) is 2.50. The van der Waals surface area contributed by atoms with Crippen LogP contribution in [0.4, 0.5) is 0 Å². The van der Waals surface area contributed by atoms with E-state index in [2.05, 4.69) is 9.44 Å². The van der Waals surface area contributed by atoms with Gasteiger partial charge in [0, 0.05) is 13.1 Å². The maximum absolute atomic E-state index is 11.5. The van der Waals surface area contributed by atoms with E-state index in [0.717, 1.165) is 0 Å². The van der Waals surface area contributed by atoms with E-state index in [4.69, 9.17) is 14.2 Å². The summed E-state index contributed by atoms with van der Waals surface area (Å²) >= 11 is 0. The van der Waals surface area contributed by atoms with Gasteiger partial charge in [0.15, 0.2) is 0 Å². The summed E-state index contributed by atoms with van der Waals surface area (Å²) in [6, 6.07) is 0. The normalized spacial score (nSPS) is 26.7. The molecule has 0 bridgehead atoms. The monoisotopic (exact) mass is 346 g/mol. The first-order valence-corrected chi connectivity index (χ1v) is 9.90. The third kappa shape index (κ3) is 10.1. The van der Waals surface area contributed by atoms with Crippen LogP contribution in [0, 0.1) is 0 Å². The molecular formula is C10H22N2O7S2. The van der Waals surface area contributed by atoms with Crippen LogP contribution in [0.2, 0.25) is 0 Å². The summed E-state index contributed by atoms with van der Waals surface area (Å²) in [4.78, 5) is 0. The second kappa shape index (κ2) is 9.66. The fourth-order valence-corrected chi connectivity index (χ4v) is 3.20. The largest absolute Gasteiger partial charge is 0.379 e. The molecule has 2 N–H and O–H groups in total. The Bertz CT molecular complexity index is 434. The molecule has 0 saturated carbocycles. The number of nitrogens with one attached hydrogen (secondary N) is 2. The topological polar surface area (TPSA) is 120 Å². The van der Waals surface area contributed by atoms with Gasteiger partial charge in [0.25, 0.3) is 0 Å². The fourth-order valence-electron chi connectivity index (χ4n) is 1.44. The van der Waals surface area contributed by atoms with Gasteiger partial charge in [-0.15, -0.1) is 0 Å². The summed E-state index contributed by atoms with van der Waals surface area (Å²) in [5.74, 6) is -0.437. The van der Waals surface area contributed by atoms with Crippen molar-refractivity contribution < 1.29 is 31.0 Å². The van der Waals surface area contributed by atoms with Gasteiger partial charge in [-0.3, -0.25) is 0 Å². The molecule has 0 radical (unpaired) electrons. The molecule has 9 nitrogen and oxygen atoms in total. The zero-order chi connectivity index (χ0) is 15.6. The van der Waals surface area contributed by atoms with Crippen molar-refractivity contribution in [2.24, 2.45) is 0 Å². The van der Waals surface area contributed by atoms with E-state index in [1.165, 1.54) is 0 Å². The van der Waals surface area contributed by atoms with Crippen LogP contribution in [-0.2, 0) is 34.3 Å². The average molecular weight is 346 g/mol. The summed E-state index contributed by atoms with van der Waals surface area (Å²) < 4.78 is 66.3. The van der Waals surface area contributed by atoms with E-state index in [0.29, 0.717) is 13.2 Å². The number of hydrogen-bond acceptors (Lipinski definition) is 7. The van der Waals surface area contributed by atoms with Crippen LogP contribution in [0.15, 0.2) is 0 Å². The van der Waals surface area contributed by atoms with E-state index in [-0.39, 0.29) is 51.0 Å². The van der Waals surface area contributed by atoms with Crippen molar-refractivity contribution in [2.75, 3.05) is 64.2 Å². The van der Waals surface area contributed by atoms with Crippen molar-refractivity contribution in [1.29, 1.82) is 0 Å². The third-order valence-corrected chi connectivity index (χ3v) is 5.20. The van der Waals surface area contributed by atoms with Crippen LogP contribution in [-0.4, -0.2) is 81.1 Å². The Kier molecular flexibility index (Phi) is 8.63. The first kappa shape index (κ1) is 18.7. The van der Waals surface area contributed by atoms with E-state index < -0.39 is 20.0 Å². The lowest BCUT2D eigenvalue weighted by Gasteiger charge is -2.08. The highest BCUT2D eigenvalue weighted by molar-refractivity contribution is 7.89. The first-order chi connectivity index (χ1) is 9.91. The van der Waals surface area contributed by atoms with Crippen molar-refractivity contribution in [1.82, 2.24) is 9.44 Å². The quantitative estimate of drug-likeness (QED) is 0.515. The van der Waals surface area contributed by atoms with E-state index in [9.17, 15) is 16.8 Å². The number of ether oxygens (including phenoxy) is 3. The summed E-state index contributed by atoms with van der Waals surface area (Å²) in [6.45, 7) is 1.36.